The van der Waals surface area contributed by atoms with Gasteiger partial charge in [0.05, 0.1) is 17.8 Å². The molecular weight excluding hydrogens is 297 g/mol. The first-order valence-corrected chi connectivity index (χ1v) is 6.76. The summed E-state index contributed by atoms with van der Waals surface area (Å²) in [5.74, 6) is -0.0446. The minimum absolute atomic E-state index is 0.0188. The molecule has 0 unspecified atom stereocenters. The molecule has 6 nitrogen and oxygen atoms in total. The molecule has 0 saturated heterocycles. The number of benzene rings is 1. The van der Waals surface area contributed by atoms with Gasteiger partial charge in [-0.15, -0.1) is 0 Å². The predicted octanol–water partition coefficient (Wildman–Crippen LogP) is 3.24. The van der Waals surface area contributed by atoms with E-state index in [1.807, 2.05) is 6.92 Å². The third kappa shape index (κ3) is 3.91. The zero-order chi connectivity index (χ0) is 15.2. The summed E-state index contributed by atoms with van der Waals surface area (Å²) < 4.78 is 18.9. The van der Waals surface area contributed by atoms with Gasteiger partial charge in [0.25, 0.3) is 0 Å². The van der Waals surface area contributed by atoms with Crippen molar-refractivity contribution in [2.24, 2.45) is 0 Å². The van der Waals surface area contributed by atoms with Crippen LogP contribution in [-0.2, 0) is 0 Å². The van der Waals surface area contributed by atoms with Crippen molar-refractivity contribution in [3.8, 4) is 6.01 Å². The number of rotatable bonds is 6. The van der Waals surface area contributed by atoms with E-state index in [9.17, 15) is 4.39 Å². The number of hydrogen-bond donors (Lipinski definition) is 2. The van der Waals surface area contributed by atoms with Gasteiger partial charge in [-0.25, -0.2) is 4.39 Å². The fourth-order valence-corrected chi connectivity index (χ4v) is 1.71. The van der Waals surface area contributed by atoms with Crippen LogP contribution in [0.15, 0.2) is 18.2 Å². The number of hydrogen-bond acceptors (Lipinski definition) is 6. The van der Waals surface area contributed by atoms with Crippen LogP contribution in [0.5, 0.6) is 6.01 Å². The minimum atomic E-state index is -0.568. The molecule has 1 heterocycles. The Bertz CT molecular complexity index is 626. The quantitative estimate of drug-likeness (QED) is 0.853. The molecule has 0 atom stereocenters. The van der Waals surface area contributed by atoms with E-state index in [0.717, 1.165) is 6.42 Å². The summed E-state index contributed by atoms with van der Waals surface area (Å²) >= 11 is 5.73. The second-order valence-corrected chi connectivity index (χ2v) is 4.53. The van der Waals surface area contributed by atoms with Gasteiger partial charge in [0.2, 0.25) is 11.9 Å². The third-order valence-electron chi connectivity index (χ3n) is 2.53. The van der Waals surface area contributed by atoms with E-state index < -0.39 is 5.82 Å². The number of halogens is 2. The van der Waals surface area contributed by atoms with Crippen molar-refractivity contribution >= 4 is 29.2 Å². The molecule has 0 aliphatic rings. The van der Waals surface area contributed by atoms with Crippen molar-refractivity contribution < 1.29 is 9.13 Å². The van der Waals surface area contributed by atoms with Gasteiger partial charge in [0.15, 0.2) is 5.82 Å². The Hall–Kier alpha value is -2.15. The van der Waals surface area contributed by atoms with Crippen LogP contribution in [0.1, 0.15) is 13.3 Å². The first-order valence-electron chi connectivity index (χ1n) is 6.39. The van der Waals surface area contributed by atoms with Crippen LogP contribution in [0.3, 0.4) is 0 Å². The van der Waals surface area contributed by atoms with E-state index in [-0.39, 0.29) is 22.7 Å². The van der Waals surface area contributed by atoms with Crippen molar-refractivity contribution in [2.75, 3.05) is 24.3 Å². The molecule has 0 radical (unpaired) electrons. The molecule has 8 heteroatoms. The topological polar surface area (TPSA) is 72.0 Å². The monoisotopic (exact) mass is 311 g/mol. The maximum atomic E-state index is 13.9. The van der Waals surface area contributed by atoms with E-state index in [1.165, 1.54) is 19.2 Å². The average Bonchev–Trinajstić information content (AvgIpc) is 2.49. The first-order chi connectivity index (χ1) is 10.1. The number of ether oxygens (including phenoxy) is 1. The minimum Gasteiger partial charge on any atom is -0.467 e. The molecule has 0 aliphatic heterocycles. The average molecular weight is 312 g/mol. The zero-order valence-corrected chi connectivity index (χ0v) is 12.4. The van der Waals surface area contributed by atoms with Gasteiger partial charge in [-0.3, -0.25) is 0 Å². The molecule has 2 N–H and O–H groups in total. The normalized spacial score (nSPS) is 10.3. The number of anilines is 3. The van der Waals surface area contributed by atoms with Crippen LogP contribution in [0, 0.1) is 5.82 Å². The van der Waals surface area contributed by atoms with Gasteiger partial charge >= 0.3 is 6.01 Å². The second kappa shape index (κ2) is 7.03. The van der Waals surface area contributed by atoms with Crippen LogP contribution in [0.4, 0.5) is 22.0 Å². The van der Waals surface area contributed by atoms with Gasteiger partial charge in [-0.05, 0) is 18.6 Å². The second-order valence-electron chi connectivity index (χ2n) is 4.12. The standard InChI is InChI=1S/C13H15ClFN5O/c1-3-7-16-11-18-12(20-13(19-11)21-2)17-9-6-4-5-8(14)10(9)15/h4-6H,3,7H2,1-2H3,(H2,16,17,18,19,20). The van der Waals surface area contributed by atoms with E-state index in [2.05, 4.69) is 25.6 Å². The molecule has 1 aromatic heterocycles. The predicted molar refractivity (Wildman–Crippen MR) is 79.9 cm³/mol. The molecule has 21 heavy (non-hydrogen) atoms. The lowest BCUT2D eigenvalue weighted by molar-refractivity contribution is 0.379. The lowest BCUT2D eigenvalue weighted by Crippen LogP contribution is -2.09. The van der Waals surface area contributed by atoms with E-state index >= 15 is 0 Å². The Morgan fingerprint density at radius 3 is 2.71 bits per heavy atom. The Labute approximate surface area is 126 Å². The van der Waals surface area contributed by atoms with Crippen LogP contribution >= 0.6 is 11.6 Å². The van der Waals surface area contributed by atoms with Crippen LogP contribution < -0.4 is 15.4 Å². The Balaban J connectivity index is 2.28. The summed E-state index contributed by atoms with van der Waals surface area (Å²) in [7, 11) is 1.45. The van der Waals surface area contributed by atoms with Crippen molar-refractivity contribution in [1.82, 2.24) is 15.0 Å². The third-order valence-corrected chi connectivity index (χ3v) is 2.82. The highest BCUT2D eigenvalue weighted by Gasteiger charge is 2.10. The van der Waals surface area contributed by atoms with Gasteiger partial charge < -0.3 is 15.4 Å². The van der Waals surface area contributed by atoms with Crippen molar-refractivity contribution in [1.29, 1.82) is 0 Å². The smallest absolute Gasteiger partial charge is 0.322 e. The Morgan fingerprint density at radius 1 is 1.24 bits per heavy atom. The van der Waals surface area contributed by atoms with E-state index in [4.69, 9.17) is 16.3 Å². The molecular formula is C13H15ClFN5O. The highest BCUT2D eigenvalue weighted by Crippen LogP contribution is 2.24. The van der Waals surface area contributed by atoms with Crippen LogP contribution in [-0.4, -0.2) is 28.6 Å². The summed E-state index contributed by atoms with van der Waals surface area (Å²) in [6.45, 7) is 2.73. The maximum Gasteiger partial charge on any atom is 0.322 e. The molecule has 0 bridgehead atoms. The summed E-state index contributed by atoms with van der Waals surface area (Å²) in [6.07, 6.45) is 0.916. The lowest BCUT2D eigenvalue weighted by atomic mass is 10.3. The summed E-state index contributed by atoms with van der Waals surface area (Å²) in [5, 5.41) is 5.80. The highest BCUT2D eigenvalue weighted by molar-refractivity contribution is 6.31. The van der Waals surface area contributed by atoms with Gasteiger partial charge in [0.1, 0.15) is 0 Å². The zero-order valence-electron chi connectivity index (χ0n) is 11.7. The molecule has 0 saturated carbocycles. The number of aromatic nitrogens is 3. The number of nitrogens with one attached hydrogen (secondary N) is 2. The van der Waals surface area contributed by atoms with E-state index in [0.29, 0.717) is 12.5 Å². The number of nitrogens with zero attached hydrogens (tertiary/aromatic N) is 3. The Kier molecular flexibility index (Phi) is 5.10. The number of methoxy groups -OCH3 is 1. The molecule has 2 rings (SSSR count). The molecule has 0 fully saturated rings. The molecule has 2 aromatic rings. The van der Waals surface area contributed by atoms with Crippen molar-refractivity contribution in [3.05, 3.63) is 29.0 Å². The summed E-state index contributed by atoms with van der Waals surface area (Å²) in [5.41, 5.74) is 0.178. The molecule has 0 spiro atoms. The summed E-state index contributed by atoms with van der Waals surface area (Å²) in [4.78, 5) is 12.2. The molecule has 1 aromatic carbocycles. The Morgan fingerprint density at radius 2 is 2.00 bits per heavy atom. The van der Waals surface area contributed by atoms with Crippen LogP contribution in [0.2, 0.25) is 5.02 Å². The first kappa shape index (κ1) is 15.2. The van der Waals surface area contributed by atoms with Crippen LogP contribution in [0.25, 0.3) is 0 Å². The maximum absolute atomic E-state index is 13.9. The molecule has 0 amide bonds. The van der Waals surface area contributed by atoms with Gasteiger partial charge in [-0.1, -0.05) is 24.6 Å². The fraction of sp³-hybridized carbons (Fsp3) is 0.308. The largest absolute Gasteiger partial charge is 0.467 e. The lowest BCUT2D eigenvalue weighted by Gasteiger charge is -2.10. The van der Waals surface area contributed by atoms with Crippen molar-refractivity contribution in [2.45, 2.75) is 13.3 Å². The SMILES string of the molecule is CCCNc1nc(Nc2cccc(Cl)c2F)nc(OC)n1. The molecule has 0 aliphatic carbocycles. The van der Waals surface area contributed by atoms with Gasteiger partial charge in [-0.2, -0.15) is 15.0 Å². The summed E-state index contributed by atoms with van der Waals surface area (Å²) in [6, 6.07) is 4.76. The van der Waals surface area contributed by atoms with E-state index in [1.54, 1.807) is 6.07 Å². The molecule has 112 valence electrons. The van der Waals surface area contributed by atoms with Crippen molar-refractivity contribution in [3.63, 3.8) is 0 Å². The fourth-order valence-electron chi connectivity index (χ4n) is 1.54. The highest BCUT2D eigenvalue weighted by atomic mass is 35.5. The van der Waals surface area contributed by atoms with Gasteiger partial charge in [0, 0.05) is 6.54 Å².